The van der Waals surface area contributed by atoms with Crippen molar-refractivity contribution in [2.24, 2.45) is 0 Å². The second-order valence-electron chi connectivity index (χ2n) is 8.75. The minimum absolute atomic E-state index is 0.0212. The Balaban J connectivity index is 1.31. The molecule has 1 aliphatic rings. The topological polar surface area (TPSA) is 68.5 Å². The number of hydrogen-bond acceptors (Lipinski definition) is 5. The number of rotatable bonds is 7. The molecule has 0 N–H and O–H groups in total. The maximum Gasteiger partial charge on any atom is 0.260 e. The monoisotopic (exact) mass is 487 g/mol. The summed E-state index contributed by atoms with van der Waals surface area (Å²) in [5.41, 5.74) is 1.77. The number of ether oxygens (including phenoxy) is 1. The number of carbonyl (C=O) groups is 1. The first-order valence-corrected chi connectivity index (χ1v) is 12.1. The van der Waals surface area contributed by atoms with Crippen molar-refractivity contribution in [2.75, 3.05) is 19.7 Å². The average Bonchev–Trinajstić information content (AvgIpc) is 3.39. The number of benzene rings is 3. The van der Waals surface area contributed by atoms with Crippen molar-refractivity contribution in [1.29, 1.82) is 0 Å². The maximum atomic E-state index is 12.8. The molecule has 4 aromatic rings. The van der Waals surface area contributed by atoms with Crippen LogP contribution < -0.4 is 4.74 Å². The lowest BCUT2D eigenvalue weighted by Crippen LogP contribution is -2.47. The van der Waals surface area contributed by atoms with E-state index >= 15 is 0 Å². The summed E-state index contributed by atoms with van der Waals surface area (Å²) < 4.78 is 11.3. The molecule has 5 rings (SSSR count). The second kappa shape index (κ2) is 10.3. The van der Waals surface area contributed by atoms with Gasteiger partial charge in [-0.25, -0.2) is 0 Å². The quantitative estimate of drug-likeness (QED) is 0.354. The van der Waals surface area contributed by atoms with Crippen LogP contribution in [-0.4, -0.2) is 40.6 Å². The molecule has 0 saturated carbocycles. The maximum absolute atomic E-state index is 12.8. The number of aromatic nitrogens is 2. The number of hydrogen-bond donors (Lipinski definition) is 0. The number of amides is 1. The van der Waals surface area contributed by atoms with Crippen LogP contribution in [0, 0.1) is 0 Å². The Morgan fingerprint density at radius 3 is 2.29 bits per heavy atom. The Hall–Kier alpha value is -3.64. The molecular weight excluding hydrogens is 462 g/mol. The van der Waals surface area contributed by atoms with E-state index in [0.29, 0.717) is 54.8 Å². The zero-order valence-corrected chi connectivity index (χ0v) is 20.0. The van der Waals surface area contributed by atoms with E-state index in [1.165, 1.54) is 0 Å². The average molecular weight is 488 g/mol. The Labute approximate surface area is 209 Å². The Morgan fingerprint density at radius 2 is 1.60 bits per heavy atom. The second-order valence-corrected chi connectivity index (χ2v) is 9.18. The predicted molar refractivity (Wildman–Crippen MR) is 134 cm³/mol. The van der Waals surface area contributed by atoms with Gasteiger partial charge in [0.15, 0.2) is 12.4 Å². The van der Waals surface area contributed by atoms with Crippen LogP contribution in [0.3, 0.4) is 0 Å². The SMILES string of the molecule is O=C(COc1ccccc1)N1CCC(c2ccccc2)(c2noc(Cc3ccc(Cl)cc3)n2)CC1. The first kappa shape index (κ1) is 23.1. The Bertz CT molecular complexity index is 1250. The van der Waals surface area contributed by atoms with E-state index in [0.717, 1.165) is 11.1 Å². The van der Waals surface area contributed by atoms with Gasteiger partial charge in [0.2, 0.25) is 5.89 Å². The van der Waals surface area contributed by atoms with Gasteiger partial charge in [-0.15, -0.1) is 0 Å². The van der Waals surface area contributed by atoms with Crippen LogP contribution in [-0.2, 0) is 16.6 Å². The van der Waals surface area contributed by atoms with Gasteiger partial charge in [-0.2, -0.15) is 4.98 Å². The molecule has 0 unspecified atom stereocenters. The summed E-state index contributed by atoms with van der Waals surface area (Å²) in [6, 6.07) is 27.3. The van der Waals surface area contributed by atoms with E-state index in [1.54, 1.807) is 0 Å². The third kappa shape index (κ3) is 5.23. The molecule has 1 aromatic heterocycles. The summed E-state index contributed by atoms with van der Waals surface area (Å²) in [6.45, 7) is 1.20. The van der Waals surface area contributed by atoms with Crippen LogP contribution in [0.1, 0.15) is 35.7 Å². The van der Waals surface area contributed by atoms with Crippen LogP contribution in [0.5, 0.6) is 5.75 Å². The molecule has 0 radical (unpaired) electrons. The number of para-hydroxylation sites is 1. The van der Waals surface area contributed by atoms with E-state index in [-0.39, 0.29) is 12.5 Å². The van der Waals surface area contributed by atoms with Crippen molar-refractivity contribution >= 4 is 17.5 Å². The van der Waals surface area contributed by atoms with E-state index < -0.39 is 5.41 Å². The molecule has 2 heterocycles. The number of nitrogens with zero attached hydrogens (tertiary/aromatic N) is 3. The van der Waals surface area contributed by atoms with Gasteiger partial charge in [0.25, 0.3) is 5.91 Å². The fourth-order valence-electron chi connectivity index (χ4n) is 4.59. The van der Waals surface area contributed by atoms with Gasteiger partial charge in [0.05, 0.1) is 11.8 Å². The van der Waals surface area contributed by atoms with E-state index in [4.69, 9.17) is 25.8 Å². The molecule has 0 bridgehead atoms. The molecule has 1 aliphatic heterocycles. The van der Waals surface area contributed by atoms with Gasteiger partial charge >= 0.3 is 0 Å². The van der Waals surface area contributed by atoms with Crippen LogP contribution in [0.2, 0.25) is 5.02 Å². The molecule has 0 aliphatic carbocycles. The van der Waals surface area contributed by atoms with Crippen molar-refractivity contribution in [3.05, 3.63) is 113 Å². The van der Waals surface area contributed by atoms with Crippen molar-refractivity contribution < 1.29 is 14.1 Å². The minimum atomic E-state index is -0.417. The van der Waals surface area contributed by atoms with Crippen LogP contribution in [0.25, 0.3) is 0 Å². The van der Waals surface area contributed by atoms with Gasteiger partial charge in [-0.1, -0.05) is 77.4 Å². The van der Waals surface area contributed by atoms with Gasteiger partial charge in [-0.05, 0) is 48.2 Å². The molecule has 3 aromatic carbocycles. The normalized spacial score (nSPS) is 15.1. The van der Waals surface area contributed by atoms with Gasteiger partial charge in [-0.3, -0.25) is 4.79 Å². The molecule has 0 atom stereocenters. The molecule has 35 heavy (non-hydrogen) atoms. The first-order chi connectivity index (χ1) is 17.1. The van der Waals surface area contributed by atoms with Gasteiger partial charge < -0.3 is 14.2 Å². The molecule has 0 spiro atoms. The third-order valence-corrected chi connectivity index (χ3v) is 6.82. The highest BCUT2D eigenvalue weighted by molar-refractivity contribution is 6.30. The first-order valence-electron chi connectivity index (χ1n) is 11.7. The zero-order valence-electron chi connectivity index (χ0n) is 19.3. The minimum Gasteiger partial charge on any atom is -0.484 e. The summed E-state index contributed by atoms with van der Waals surface area (Å²) in [5, 5.41) is 5.10. The standard InChI is InChI=1S/C28H26ClN3O3/c29-23-13-11-21(12-14-23)19-25-30-27(31-35-25)28(22-7-3-1-4-8-22)15-17-32(18-16-28)26(33)20-34-24-9-5-2-6-10-24/h1-14H,15-20H2. The summed E-state index contributed by atoms with van der Waals surface area (Å²) in [4.78, 5) is 19.5. The number of likely N-dealkylation sites (tertiary alicyclic amines) is 1. The van der Waals surface area contributed by atoms with Gasteiger partial charge in [0, 0.05) is 18.1 Å². The molecule has 178 valence electrons. The lowest BCUT2D eigenvalue weighted by molar-refractivity contribution is -0.134. The highest BCUT2D eigenvalue weighted by Crippen LogP contribution is 2.40. The van der Waals surface area contributed by atoms with Crippen molar-refractivity contribution in [1.82, 2.24) is 15.0 Å². The summed E-state index contributed by atoms with van der Waals surface area (Å²) >= 11 is 6.00. The summed E-state index contributed by atoms with van der Waals surface area (Å²) in [7, 11) is 0. The Kier molecular flexibility index (Phi) is 6.82. The largest absolute Gasteiger partial charge is 0.484 e. The highest BCUT2D eigenvalue weighted by Gasteiger charge is 2.42. The molecular formula is C28H26ClN3O3. The summed E-state index contributed by atoms with van der Waals surface area (Å²) in [6.07, 6.45) is 1.94. The van der Waals surface area contributed by atoms with Gasteiger partial charge in [0.1, 0.15) is 5.75 Å². The van der Waals surface area contributed by atoms with E-state index in [1.807, 2.05) is 77.7 Å². The fourth-order valence-corrected chi connectivity index (χ4v) is 4.71. The zero-order chi connectivity index (χ0) is 24.1. The predicted octanol–water partition coefficient (Wildman–Crippen LogP) is 5.30. The fraction of sp³-hybridized carbons (Fsp3) is 0.250. The van der Waals surface area contributed by atoms with Crippen LogP contribution in [0.4, 0.5) is 0 Å². The van der Waals surface area contributed by atoms with Crippen molar-refractivity contribution in [3.63, 3.8) is 0 Å². The van der Waals surface area contributed by atoms with Crippen molar-refractivity contribution in [3.8, 4) is 5.75 Å². The molecule has 7 heteroatoms. The lowest BCUT2D eigenvalue weighted by Gasteiger charge is -2.40. The van der Waals surface area contributed by atoms with Crippen molar-refractivity contribution in [2.45, 2.75) is 24.7 Å². The number of piperidine rings is 1. The Morgan fingerprint density at radius 1 is 0.943 bits per heavy atom. The van der Waals surface area contributed by atoms with Crippen LogP contribution >= 0.6 is 11.6 Å². The smallest absolute Gasteiger partial charge is 0.260 e. The van der Waals surface area contributed by atoms with Crippen LogP contribution in [0.15, 0.2) is 89.5 Å². The summed E-state index contributed by atoms with van der Waals surface area (Å²) in [5.74, 6) is 1.90. The molecule has 6 nitrogen and oxygen atoms in total. The molecule has 1 saturated heterocycles. The molecule has 1 fully saturated rings. The number of halogens is 1. The third-order valence-electron chi connectivity index (χ3n) is 6.57. The number of carbonyl (C=O) groups excluding carboxylic acids is 1. The lowest BCUT2D eigenvalue weighted by atomic mass is 9.72. The molecule has 1 amide bonds. The van der Waals surface area contributed by atoms with E-state index in [2.05, 4.69) is 17.3 Å². The highest BCUT2D eigenvalue weighted by atomic mass is 35.5. The van der Waals surface area contributed by atoms with E-state index in [9.17, 15) is 4.79 Å².